The summed E-state index contributed by atoms with van der Waals surface area (Å²) in [6.45, 7) is 1.68. The molecule has 0 atom stereocenters. The highest BCUT2D eigenvalue weighted by molar-refractivity contribution is 6.42. The molecule has 0 unspecified atom stereocenters. The maximum Gasteiger partial charge on any atom is 0.337 e. The van der Waals surface area contributed by atoms with Crippen molar-refractivity contribution in [1.82, 2.24) is 0 Å². The minimum atomic E-state index is -1.31. The SMILES string of the molecule is Cc1c(Cl)cc2c(-c3c(Cl)ccc(Cl)c3C(=O)O)c3cc(Cl)c(=O)c(Cl)c-3oc2c1Cl. The molecule has 0 spiro atoms. The van der Waals surface area contributed by atoms with E-state index in [2.05, 4.69) is 0 Å². The lowest BCUT2D eigenvalue weighted by molar-refractivity contribution is 0.0698. The minimum absolute atomic E-state index is 0.0328. The van der Waals surface area contributed by atoms with Crippen molar-refractivity contribution in [3.05, 3.63) is 75.8 Å². The number of carbonyl (C=O) groups is 1. The van der Waals surface area contributed by atoms with Gasteiger partial charge in [-0.15, -0.1) is 0 Å². The van der Waals surface area contributed by atoms with Gasteiger partial charge in [-0.05, 0) is 36.8 Å². The van der Waals surface area contributed by atoms with Crippen molar-refractivity contribution in [3.63, 3.8) is 0 Å². The molecule has 0 bridgehead atoms. The summed E-state index contributed by atoms with van der Waals surface area (Å²) in [5.74, 6) is -1.35. The Balaban J connectivity index is 2.40. The Kier molecular flexibility index (Phi) is 5.84. The summed E-state index contributed by atoms with van der Waals surface area (Å²) < 4.78 is 5.91. The average Bonchev–Trinajstić information content (AvgIpc) is 2.71. The predicted octanol–water partition coefficient (Wildman–Crippen LogP) is 8.49. The molecule has 31 heavy (non-hydrogen) atoms. The highest BCUT2D eigenvalue weighted by Crippen LogP contribution is 2.49. The van der Waals surface area contributed by atoms with Gasteiger partial charge in [-0.1, -0.05) is 69.6 Å². The summed E-state index contributed by atoms with van der Waals surface area (Å²) >= 11 is 37.9. The molecule has 0 amide bonds. The Labute approximate surface area is 205 Å². The van der Waals surface area contributed by atoms with Gasteiger partial charge in [0, 0.05) is 32.1 Å². The van der Waals surface area contributed by atoms with Crippen molar-refractivity contribution in [2.24, 2.45) is 0 Å². The summed E-state index contributed by atoms with van der Waals surface area (Å²) in [7, 11) is 0. The normalized spacial score (nSPS) is 11.5. The number of benzene rings is 3. The molecule has 0 aromatic heterocycles. The van der Waals surface area contributed by atoms with E-state index in [9.17, 15) is 14.7 Å². The van der Waals surface area contributed by atoms with Crippen LogP contribution in [0.1, 0.15) is 15.9 Å². The van der Waals surface area contributed by atoms with E-state index in [1.807, 2.05) is 0 Å². The highest BCUT2D eigenvalue weighted by Gasteiger charge is 2.29. The number of halogens is 6. The molecule has 2 aromatic rings. The second-order valence-corrected chi connectivity index (χ2v) is 9.00. The molecular formula is C21H8Cl6O4. The molecule has 0 fully saturated rings. The quantitative estimate of drug-likeness (QED) is 0.261. The Morgan fingerprint density at radius 2 is 1.52 bits per heavy atom. The van der Waals surface area contributed by atoms with E-state index >= 15 is 0 Å². The van der Waals surface area contributed by atoms with Crippen molar-refractivity contribution in [2.75, 3.05) is 0 Å². The molecule has 0 radical (unpaired) electrons. The van der Waals surface area contributed by atoms with Crippen LogP contribution in [0.4, 0.5) is 0 Å². The second-order valence-electron chi connectivity index (χ2n) is 6.61. The fraction of sp³-hybridized carbons (Fsp3) is 0.0476. The Hall–Kier alpha value is -1.66. The molecule has 4 rings (SSSR count). The van der Waals surface area contributed by atoms with E-state index in [-0.39, 0.29) is 58.7 Å². The topological polar surface area (TPSA) is 67.5 Å². The van der Waals surface area contributed by atoms with E-state index in [4.69, 9.17) is 74.0 Å². The number of hydrogen-bond acceptors (Lipinski definition) is 3. The van der Waals surface area contributed by atoms with Crippen LogP contribution < -0.4 is 5.43 Å². The number of hydrogen-bond donors (Lipinski definition) is 1. The molecule has 10 heteroatoms. The van der Waals surface area contributed by atoms with Crippen LogP contribution in [0.3, 0.4) is 0 Å². The fourth-order valence-corrected chi connectivity index (χ4v) is 4.85. The lowest BCUT2D eigenvalue weighted by Gasteiger charge is -2.20. The molecule has 0 saturated heterocycles. The molecule has 0 saturated carbocycles. The minimum Gasteiger partial charge on any atom is -0.478 e. The van der Waals surface area contributed by atoms with Gasteiger partial charge in [-0.3, -0.25) is 4.79 Å². The largest absolute Gasteiger partial charge is 0.478 e. The number of fused-ring (bicyclic) bond motifs is 2. The maximum absolute atomic E-state index is 12.3. The molecule has 2 aliphatic rings. The molecule has 1 heterocycles. The van der Waals surface area contributed by atoms with E-state index in [0.29, 0.717) is 16.0 Å². The molecule has 1 aliphatic heterocycles. The zero-order valence-electron chi connectivity index (χ0n) is 15.2. The standard InChI is InChI=1S/C21H8Cl6O4/c1-6-11(24)4-7-13(14-9(22)2-3-10(23)15(14)21(29)30)8-5-12(25)18(28)17(27)20(8)31-19(7)16(6)26/h2-5H,1H3,(H,29,30). The van der Waals surface area contributed by atoms with Gasteiger partial charge in [0.2, 0.25) is 5.43 Å². The van der Waals surface area contributed by atoms with E-state index in [1.165, 1.54) is 18.2 Å². The predicted molar refractivity (Wildman–Crippen MR) is 126 cm³/mol. The molecule has 2 aromatic carbocycles. The Morgan fingerprint density at radius 3 is 2.16 bits per heavy atom. The summed E-state index contributed by atoms with van der Waals surface area (Å²) in [6, 6.07) is 5.71. The summed E-state index contributed by atoms with van der Waals surface area (Å²) in [5.41, 5.74) is 0.333. The Morgan fingerprint density at radius 1 is 0.871 bits per heavy atom. The molecule has 1 aliphatic carbocycles. The number of carboxylic acid groups (broad SMARTS) is 1. The smallest absolute Gasteiger partial charge is 0.337 e. The van der Waals surface area contributed by atoms with Crippen LogP contribution in [0.5, 0.6) is 0 Å². The maximum atomic E-state index is 12.3. The van der Waals surface area contributed by atoms with Crippen LogP contribution in [0, 0.1) is 6.92 Å². The van der Waals surface area contributed by atoms with Gasteiger partial charge in [0.15, 0.2) is 11.3 Å². The first-order chi connectivity index (χ1) is 14.5. The molecule has 1 N–H and O–H groups in total. The van der Waals surface area contributed by atoms with Crippen molar-refractivity contribution in [1.29, 1.82) is 0 Å². The van der Waals surface area contributed by atoms with Crippen LogP contribution in [-0.4, -0.2) is 11.1 Å². The van der Waals surface area contributed by atoms with Gasteiger partial charge < -0.3 is 9.52 Å². The van der Waals surface area contributed by atoms with E-state index < -0.39 is 11.4 Å². The monoisotopic (exact) mass is 534 g/mol. The van der Waals surface area contributed by atoms with Gasteiger partial charge in [-0.2, -0.15) is 0 Å². The van der Waals surface area contributed by atoms with Gasteiger partial charge >= 0.3 is 5.97 Å². The third-order valence-electron chi connectivity index (χ3n) is 4.84. The summed E-state index contributed by atoms with van der Waals surface area (Å²) in [4.78, 5) is 24.4. The third-order valence-corrected chi connectivity index (χ3v) is 6.95. The second kappa shape index (κ2) is 8.04. The highest BCUT2D eigenvalue weighted by atomic mass is 35.5. The number of rotatable bonds is 2. The molecule has 4 nitrogen and oxygen atoms in total. The number of aromatic carboxylic acids is 1. The van der Waals surface area contributed by atoms with Gasteiger partial charge in [0.05, 0.1) is 20.6 Å². The molecular weight excluding hydrogens is 529 g/mol. The summed E-state index contributed by atoms with van der Waals surface area (Å²) in [6.07, 6.45) is 0. The molecule has 158 valence electrons. The lowest BCUT2D eigenvalue weighted by Crippen LogP contribution is -2.08. The van der Waals surface area contributed by atoms with Crippen LogP contribution >= 0.6 is 69.6 Å². The average molecular weight is 537 g/mol. The van der Waals surface area contributed by atoms with Crippen LogP contribution in [0.15, 0.2) is 33.5 Å². The zero-order chi connectivity index (χ0) is 22.8. The lowest BCUT2D eigenvalue weighted by atomic mass is 9.90. The van der Waals surface area contributed by atoms with Gasteiger partial charge in [-0.25, -0.2) is 4.79 Å². The van der Waals surface area contributed by atoms with Crippen molar-refractivity contribution in [2.45, 2.75) is 6.92 Å². The third kappa shape index (κ3) is 3.46. The Bertz CT molecular complexity index is 1460. The van der Waals surface area contributed by atoms with Crippen LogP contribution in [0.25, 0.3) is 33.4 Å². The first kappa shape index (κ1) is 22.5. The zero-order valence-corrected chi connectivity index (χ0v) is 19.8. The summed E-state index contributed by atoms with van der Waals surface area (Å²) in [5, 5.41) is 10.2. The fourth-order valence-electron chi connectivity index (χ4n) is 3.37. The van der Waals surface area contributed by atoms with Crippen molar-refractivity contribution < 1.29 is 14.3 Å². The number of carboxylic acids is 1. The van der Waals surface area contributed by atoms with E-state index in [1.54, 1.807) is 13.0 Å². The first-order valence-corrected chi connectivity index (χ1v) is 10.8. The van der Waals surface area contributed by atoms with Gasteiger partial charge in [0.1, 0.15) is 5.02 Å². The van der Waals surface area contributed by atoms with Crippen molar-refractivity contribution >= 4 is 86.5 Å². The van der Waals surface area contributed by atoms with E-state index in [0.717, 1.165) is 0 Å². The van der Waals surface area contributed by atoms with Crippen molar-refractivity contribution in [3.8, 4) is 22.5 Å². The van der Waals surface area contributed by atoms with Crippen LogP contribution in [0.2, 0.25) is 30.1 Å². The van der Waals surface area contributed by atoms with Gasteiger partial charge in [0.25, 0.3) is 0 Å². The first-order valence-electron chi connectivity index (χ1n) is 8.49. The van der Waals surface area contributed by atoms with Crippen LogP contribution in [-0.2, 0) is 0 Å².